The number of imide groups is 1. The smallest absolute Gasteiger partial charge is 0.233 e. The van der Waals surface area contributed by atoms with E-state index in [-0.39, 0.29) is 59.5 Å². The molecule has 7 nitrogen and oxygen atoms in total. The van der Waals surface area contributed by atoms with Gasteiger partial charge in [0.05, 0.1) is 18.9 Å². The van der Waals surface area contributed by atoms with Gasteiger partial charge in [-0.2, -0.15) is 0 Å². The van der Waals surface area contributed by atoms with E-state index >= 15 is 0 Å². The first-order valence-electron chi connectivity index (χ1n) is 11.2. The van der Waals surface area contributed by atoms with Crippen molar-refractivity contribution in [2.75, 3.05) is 33.8 Å². The number of carbonyl (C=O) groups is 2. The Balaban J connectivity index is 0.00000289. The van der Waals surface area contributed by atoms with Gasteiger partial charge in [-0.25, -0.2) is 0 Å². The number of aliphatic imine (C=N–C) groups is 1. The topological polar surface area (TPSA) is 83.0 Å². The first-order valence-corrected chi connectivity index (χ1v) is 11.2. The van der Waals surface area contributed by atoms with E-state index in [1.165, 1.54) is 10.5 Å². The van der Waals surface area contributed by atoms with E-state index in [1.54, 1.807) is 14.2 Å². The van der Waals surface area contributed by atoms with E-state index in [4.69, 9.17) is 4.74 Å². The number of allylic oxidation sites excluding steroid dienone is 2. The van der Waals surface area contributed by atoms with Crippen LogP contribution in [0.4, 0.5) is 0 Å². The maximum Gasteiger partial charge on any atom is 0.233 e. The average molecular weight is 552 g/mol. The summed E-state index contributed by atoms with van der Waals surface area (Å²) in [5.74, 6) is 2.22. The fourth-order valence-corrected chi connectivity index (χ4v) is 5.20. The Morgan fingerprint density at radius 2 is 1.69 bits per heavy atom. The molecule has 2 amide bonds. The Morgan fingerprint density at radius 1 is 1.09 bits per heavy atom. The van der Waals surface area contributed by atoms with Gasteiger partial charge < -0.3 is 15.4 Å². The van der Waals surface area contributed by atoms with Crippen LogP contribution in [0.15, 0.2) is 41.4 Å². The summed E-state index contributed by atoms with van der Waals surface area (Å²) in [7, 11) is 3.39. The number of fused-ring (bicyclic) bond motifs is 5. The largest absolute Gasteiger partial charge is 0.497 e. The van der Waals surface area contributed by atoms with Crippen LogP contribution in [0.25, 0.3) is 0 Å². The maximum atomic E-state index is 12.7. The van der Waals surface area contributed by atoms with Crippen LogP contribution < -0.4 is 15.4 Å². The number of likely N-dealkylation sites (tertiary alicyclic amines) is 1. The molecule has 0 spiro atoms. The molecule has 8 heteroatoms. The molecule has 2 bridgehead atoms. The van der Waals surface area contributed by atoms with Gasteiger partial charge in [-0.15, -0.1) is 24.0 Å². The van der Waals surface area contributed by atoms with Gasteiger partial charge in [0, 0.05) is 26.7 Å². The third kappa shape index (κ3) is 4.79. The highest BCUT2D eigenvalue weighted by atomic mass is 127. The van der Waals surface area contributed by atoms with Crippen LogP contribution in [0.1, 0.15) is 31.2 Å². The number of hydrogen-bond donors (Lipinski definition) is 2. The van der Waals surface area contributed by atoms with Crippen molar-refractivity contribution in [1.29, 1.82) is 0 Å². The molecule has 4 rings (SSSR count). The third-order valence-electron chi connectivity index (χ3n) is 6.97. The molecule has 1 saturated carbocycles. The van der Waals surface area contributed by atoms with Crippen LogP contribution in [0.3, 0.4) is 0 Å². The molecule has 174 valence electrons. The first kappa shape index (κ1) is 24.5. The summed E-state index contributed by atoms with van der Waals surface area (Å²) in [6, 6.07) is 8.15. The second-order valence-corrected chi connectivity index (χ2v) is 8.72. The van der Waals surface area contributed by atoms with E-state index in [2.05, 4.69) is 46.8 Å². The molecular formula is C24H33IN4O3. The molecule has 1 aliphatic heterocycles. The van der Waals surface area contributed by atoms with Crippen molar-refractivity contribution in [3.8, 4) is 5.75 Å². The highest BCUT2D eigenvalue weighted by molar-refractivity contribution is 14.0. The number of ether oxygens (including phenoxy) is 1. The molecule has 3 aliphatic rings. The number of hydrogen-bond acceptors (Lipinski definition) is 4. The average Bonchev–Trinajstić information content (AvgIpc) is 3.47. The van der Waals surface area contributed by atoms with Crippen molar-refractivity contribution in [1.82, 2.24) is 15.5 Å². The Kier molecular flexibility index (Phi) is 8.19. The van der Waals surface area contributed by atoms with Crippen molar-refractivity contribution in [2.24, 2.45) is 28.7 Å². The lowest BCUT2D eigenvalue weighted by Crippen LogP contribution is -2.44. The predicted octanol–water partition coefficient (Wildman–Crippen LogP) is 2.78. The molecule has 5 atom stereocenters. The van der Waals surface area contributed by atoms with Gasteiger partial charge in [0.15, 0.2) is 5.96 Å². The number of guanidine groups is 1. The molecule has 0 aromatic heterocycles. The minimum atomic E-state index is -0.126. The number of nitrogens with zero attached hydrogens (tertiary/aromatic N) is 2. The molecule has 1 heterocycles. The number of halogens is 1. The molecule has 2 N–H and O–H groups in total. The summed E-state index contributed by atoms with van der Waals surface area (Å²) >= 11 is 0. The van der Waals surface area contributed by atoms with E-state index < -0.39 is 0 Å². The van der Waals surface area contributed by atoms with E-state index in [0.717, 1.165) is 25.1 Å². The van der Waals surface area contributed by atoms with Crippen LogP contribution in [0, 0.1) is 23.7 Å². The van der Waals surface area contributed by atoms with Crippen molar-refractivity contribution in [3.63, 3.8) is 0 Å². The molecule has 2 aliphatic carbocycles. The number of carbonyl (C=O) groups excluding carboxylic acids is 2. The minimum absolute atomic E-state index is 0. The highest BCUT2D eigenvalue weighted by Crippen LogP contribution is 2.52. The van der Waals surface area contributed by atoms with Crippen molar-refractivity contribution in [2.45, 2.75) is 25.7 Å². The van der Waals surface area contributed by atoms with Gasteiger partial charge in [-0.3, -0.25) is 19.5 Å². The summed E-state index contributed by atoms with van der Waals surface area (Å²) in [6.07, 6.45) is 6.16. The van der Waals surface area contributed by atoms with Gasteiger partial charge in [0.25, 0.3) is 0 Å². The second-order valence-electron chi connectivity index (χ2n) is 8.72. The summed E-state index contributed by atoms with van der Waals surface area (Å²) in [5, 5.41) is 6.55. The molecule has 0 radical (unpaired) electrons. The highest BCUT2D eigenvalue weighted by Gasteiger charge is 2.58. The quantitative estimate of drug-likeness (QED) is 0.171. The Labute approximate surface area is 207 Å². The minimum Gasteiger partial charge on any atom is -0.497 e. The lowest BCUT2D eigenvalue weighted by Gasteiger charge is -2.19. The summed E-state index contributed by atoms with van der Waals surface area (Å²) in [6.45, 7) is 3.84. The molecule has 1 aromatic carbocycles. The predicted molar refractivity (Wildman–Crippen MR) is 135 cm³/mol. The maximum absolute atomic E-state index is 12.7. The molecule has 1 saturated heterocycles. The molecule has 2 fully saturated rings. The second kappa shape index (κ2) is 10.7. The standard InChI is InChI=1S/C24H32N4O3.HI/c1-15(16-6-8-19(31-3)9-7-16)10-11-26-24(25-2)27-12-13-28-22(29)20-17-4-5-18(14-17)21(20)23(28)30;/h4-9,15,17-18,20-21H,10-14H2,1-3H3,(H2,25,26,27);1H. The van der Waals surface area contributed by atoms with Gasteiger partial charge in [0.2, 0.25) is 11.8 Å². The third-order valence-corrected chi connectivity index (χ3v) is 6.97. The summed E-state index contributed by atoms with van der Waals surface area (Å²) < 4.78 is 5.21. The normalized spacial score (nSPS) is 26.7. The monoisotopic (exact) mass is 552 g/mol. The fourth-order valence-electron chi connectivity index (χ4n) is 5.20. The number of rotatable bonds is 8. The van der Waals surface area contributed by atoms with Gasteiger partial charge in [-0.05, 0) is 48.3 Å². The van der Waals surface area contributed by atoms with Crippen molar-refractivity contribution >= 4 is 41.8 Å². The molecule has 5 unspecified atom stereocenters. The van der Waals surface area contributed by atoms with E-state index in [9.17, 15) is 9.59 Å². The zero-order valence-electron chi connectivity index (χ0n) is 18.9. The van der Waals surface area contributed by atoms with Crippen molar-refractivity contribution < 1.29 is 14.3 Å². The van der Waals surface area contributed by atoms with Gasteiger partial charge >= 0.3 is 0 Å². The van der Waals surface area contributed by atoms with E-state index in [1.807, 2.05) is 12.1 Å². The Hall–Kier alpha value is -2.10. The van der Waals surface area contributed by atoms with Gasteiger partial charge in [0.1, 0.15) is 5.75 Å². The summed E-state index contributed by atoms with van der Waals surface area (Å²) in [4.78, 5) is 31.2. The zero-order valence-corrected chi connectivity index (χ0v) is 21.2. The number of methoxy groups -OCH3 is 1. The molecule has 32 heavy (non-hydrogen) atoms. The zero-order chi connectivity index (χ0) is 22.0. The van der Waals surface area contributed by atoms with Crippen LogP contribution in [-0.4, -0.2) is 56.5 Å². The number of nitrogens with one attached hydrogen (secondary N) is 2. The fraction of sp³-hybridized carbons (Fsp3) is 0.542. The lowest BCUT2D eigenvalue weighted by atomic mass is 9.85. The van der Waals surface area contributed by atoms with Crippen molar-refractivity contribution in [3.05, 3.63) is 42.0 Å². The van der Waals surface area contributed by atoms with Crippen LogP contribution in [0.5, 0.6) is 5.75 Å². The SMILES string of the molecule is CN=C(NCCC(C)c1ccc(OC)cc1)NCCN1C(=O)C2C3C=CC(C3)C2C1=O.I. The summed E-state index contributed by atoms with van der Waals surface area (Å²) in [5.41, 5.74) is 1.27. The first-order chi connectivity index (χ1) is 15.0. The van der Waals surface area contributed by atoms with Crippen LogP contribution in [0.2, 0.25) is 0 Å². The van der Waals surface area contributed by atoms with Crippen LogP contribution >= 0.6 is 24.0 Å². The number of benzene rings is 1. The molecular weight excluding hydrogens is 519 g/mol. The number of amides is 2. The lowest BCUT2D eigenvalue weighted by molar-refractivity contribution is -0.140. The Morgan fingerprint density at radius 3 is 2.25 bits per heavy atom. The van der Waals surface area contributed by atoms with Crippen LogP contribution in [-0.2, 0) is 9.59 Å². The molecule has 1 aromatic rings. The van der Waals surface area contributed by atoms with Gasteiger partial charge in [-0.1, -0.05) is 31.2 Å². The van der Waals surface area contributed by atoms with E-state index in [0.29, 0.717) is 25.0 Å². The Bertz CT molecular complexity index is 856.